The molecule has 0 saturated carbocycles. The molecule has 26 heavy (non-hydrogen) atoms. The standard InChI is InChI=1S/C18H27N3O3S.ClH/c1-13-11-14(7-8-19-13)21-18(23)15-5-3-4-6-16(15)25-12-17(22)20-9-10-24-2;/h3-6,13-14,19H,7-12H2,1-2H3,(H,20,22)(H,21,23);1H. The van der Waals surface area contributed by atoms with Crippen molar-refractivity contribution in [2.75, 3.05) is 32.6 Å². The van der Waals surface area contributed by atoms with E-state index in [0.29, 0.717) is 24.8 Å². The highest BCUT2D eigenvalue weighted by molar-refractivity contribution is 8.00. The Hall–Kier alpha value is -1.28. The zero-order valence-electron chi connectivity index (χ0n) is 15.2. The number of carbonyl (C=O) groups excluding carboxylic acids is 2. The Morgan fingerprint density at radius 2 is 2.12 bits per heavy atom. The molecule has 0 aromatic heterocycles. The van der Waals surface area contributed by atoms with Crippen LogP contribution in [-0.2, 0) is 9.53 Å². The van der Waals surface area contributed by atoms with Crippen LogP contribution in [0.3, 0.4) is 0 Å². The highest BCUT2D eigenvalue weighted by Crippen LogP contribution is 2.23. The molecule has 146 valence electrons. The Labute approximate surface area is 165 Å². The third-order valence-electron chi connectivity index (χ3n) is 4.08. The van der Waals surface area contributed by atoms with Gasteiger partial charge in [-0.15, -0.1) is 24.2 Å². The quantitative estimate of drug-likeness (QED) is 0.457. The van der Waals surface area contributed by atoms with Gasteiger partial charge < -0.3 is 20.7 Å². The second kappa shape index (κ2) is 12.2. The second-order valence-corrected chi connectivity index (χ2v) is 7.19. The molecule has 1 aliphatic heterocycles. The smallest absolute Gasteiger partial charge is 0.252 e. The van der Waals surface area contributed by atoms with Gasteiger partial charge in [-0.2, -0.15) is 0 Å². The predicted molar refractivity (Wildman–Crippen MR) is 107 cm³/mol. The van der Waals surface area contributed by atoms with Crippen LogP contribution in [0.15, 0.2) is 29.2 Å². The van der Waals surface area contributed by atoms with Crippen molar-refractivity contribution in [1.82, 2.24) is 16.0 Å². The SMILES string of the molecule is COCCNC(=O)CSc1ccccc1C(=O)NC1CCNC(C)C1.Cl. The van der Waals surface area contributed by atoms with E-state index in [1.54, 1.807) is 7.11 Å². The molecule has 0 radical (unpaired) electrons. The Kier molecular flexibility index (Phi) is 10.7. The number of amides is 2. The number of ether oxygens (including phenoxy) is 1. The number of hydrogen-bond donors (Lipinski definition) is 3. The summed E-state index contributed by atoms with van der Waals surface area (Å²) < 4.78 is 4.91. The fraction of sp³-hybridized carbons (Fsp3) is 0.556. The fourth-order valence-electron chi connectivity index (χ4n) is 2.79. The summed E-state index contributed by atoms with van der Waals surface area (Å²) in [6, 6.07) is 8.04. The molecular formula is C18H28ClN3O3S. The lowest BCUT2D eigenvalue weighted by atomic mass is 10.0. The summed E-state index contributed by atoms with van der Waals surface area (Å²) in [5, 5.41) is 9.29. The van der Waals surface area contributed by atoms with Gasteiger partial charge in [-0.05, 0) is 38.4 Å². The average Bonchev–Trinajstić information content (AvgIpc) is 2.60. The number of piperidine rings is 1. The number of carbonyl (C=O) groups is 2. The van der Waals surface area contributed by atoms with Crippen LogP contribution in [0.2, 0.25) is 0 Å². The zero-order chi connectivity index (χ0) is 18.1. The van der Waals surface area contributed by atoms with Gasteiger partial charge in [-0.25, -0.2) is 0 Å². The summed E-state index contributed by atoms with van der Waals surface area (Å²) in [5.74, 6) is 0.143. The van der Waals surface area contributed by atoms with Gasteiger partial charge in [0.25, 0.3) is 5.91 Å². The number of rotatable bonds is 8. The molecule has 2 amide bonds. The van der Waals surface area contributed by atoms with E-state index < -0.39 is 0 Å². The Balaban J connectivity index is 0.00000338. The van der Waals surface area contributed by atoms with Crippen molar-refractivity contribution in [1.29, 1.82) is 0 Å². The van der Waals surface area contributed by atoms with E-state index in [0.717, 1.165) is 24.3 Å². The fourth-order valence-corrected chi connectivity index (χ4v) is 3.67. The minimum absolute atomic E-state index is 0. The molecule has 1 aromatic carbocycles. The van der Waals surface area contributed by atoms with Crippen molar-refractivity contribution in [3.63, 3.8) is 0 Å². The van der Waals surface area contributed by atoms with Crippen LogP contribution >= 0.6 is 24.2 Å². The van der Waals surface area contributed by atoms with Crippen molar-refractivity contribution in [2.24, 2.45) is 0 Å². The first-order valence-electron chi connectivity index (χ1n) is 8.62. The van der Waals surface area contributed by atoms with Crippen molar-refractivity contribution < 1.29 is 14.3 Å². The molecule has 8 heteroatoms. The van der Waals surface area contributed by atoms with Crippen molar-refractivity contribution in [2.45, 2.75) is 36.7 Å². The van der Waals surface area contributed by atoms with Crippen molar-refractivity contribution >= 4 is 36.0 Å². The van der Waals surface area contributed by atoms with E-state index in [-0.39, 0.29) is 36.0 Å². The molecule has 3 N–H and O–H groups in total. The molecule has 0 aliphatic carbocycles. The Morgan fingerprint density at radius 1 is 1.35 bits per heavy atom. The number of methoxy groups -OCH3 is 1. The molecule has 2 atom stereocenters. The van der Waals surface area contributed by atoms with Gasteiger partial charge >= 0.3 is 0 Å². The van der Waals surface area contributed by atoms with Crippen LogP contribution < -0.4 is 16.0 Å². The highest BCUT2D eigenvalue weighted by atomic mass is 35.5. The zero-order valence-corrected chi connectivity index (χ0v) is 16.9. The molecule has 1 aromatic rings. The lowest BCUT2D eigenvalue weighted by Gasteiger charge is -2.28. The van der Waals surface area contributed by atoms with E-state index in [1.807, 2.05) is 24.3 Å². The van der Waals surface area contributed by atoms with Gasteiger partial charge in [-0.3, -0.25) is 9.59 Å². The van der Waals surface area contributed by atoms with E-state index in [1.165, 1.54) is 11.8 Å². The maximum absolute atomic E-state index is 12.6. The van der Waals surface area contributed by atoms with Gasteiger partial charge in [0.15, 0.2) is 0 Å². The molecule has 2 rings (SSSR count). The van der Waals surface area contributed by atoms with Gasteiger partial charge in [0.2, 0.25) is 5.91 Å². The van der Waals surface area contributed by atoms with Gasteiger partial charge in [0, 0.05) is 30.6 Å². The van der Waals surface area contributed by atoms with E-state index in [2.05, 4.69) is 22.9 Å². The molecule has 2 unspecified atom stereocenters. The number of benzene rings is 1. The third-order valence-corrected chi connectivity index (χ3v) is 5.15. The number of nitrogens with one attached hydrogen (secondary N) is 3. The average molecular weight is 402 g/mol. The minimum Gasteiger partial charge on any atom is -0.383 e. The summed E-state index contributed by atoms with van der Waals surface area (Å²) in [6.45, 7) is 4.03. The van der Waals surface area contributed by atoms with E-state index >= 15 is 0 Å². The summed E-state index contributed by atoms with van der Waals surface area (Å²) in [6.07, 6.45) is 1.87. The van der Waals surface area contributed by atoms with Crippen LogP contribution in [0.5, 0.6) is 0 Å². The summed E-state index contributed by atoms with van der Waals surface area (Å²) >= 11 is 1.38. The monoisotopic (exact) mass is 401 g/mol. The lowest BCUT2D eigenvalue weighted by Crippen LogP contribution is -2.46. The summed E-state index contributed by atoms with van der Waals surface area (Å²) in [4.78, 5) is 25.3. The van der Waals surface area contributed by atoms with Crippen LogP contribution in [0.1, 0.15) is 30.1 Å². The Morgan fingerprint density at radius 3 is 2.85 bits per heavy atom. The number of halogens is 1. The van der Waals surface area contributed by atoms with Gasteiger partial charge in [-0.1, -0.05) is 12.1 Å². The molecular weight excluding hydrogens is 374 g/mol. The summed E-state index contributed by atoms with van der Waals surface area (Å²) in [7, 11) is 1.60. The molecule has 1 fully saturated rings. The van der Waals surface area contributed by atoms with Crippen LogP contribution in [-0.4, -0.2) is 56.5 Å². The molecule has 1 heterocycles. The predicted octanol–water partition coefficient (Wildman–Crippen LogP) is 1.83. The maximum atomic E-state index is 12.6. The van der Waals surface area contributed by atoms with Crippen LogP contribution in [0, 0.1) is 0 Å². The minimum atomic E-state index is -0.0676. The van der Waals surface area contributed by atoms with Gasteiger partial charge in [0.05, 0.1) is 17.9 Å². The Bertz CT molecular complexity index is 589. The lowest BCUT2D eigenvalue weighted by molar-refractivity contribution is -0.118. The van der Waals surface area contributed by atoms with Crippen molar-refractivity contribution in [3.05, 3.63) is 29.8 Å². The van der Waals surface area contributed by atoms with Crippen LogP contribution in [0.4, 0.5) is 0 Å². The number of thioether (sulfide) groups is 1. The highest BCUT2D eigenvalue weighted by Gasteiger charge is 2.21. The largest absolute Gasteiger partial charge is 0.383 e. The second-order valence-electron chi connectivity index (χ2n) is 6.18. The molecule has 1 aliphatic rings. The third kappa shape index (κ3) is 7.53. The first kappa shape index (κ1) is 22.8. The van der Waals surface area contributed by atoms with Crippen LogP contribution in [0.25, 0.3) is 0 Å². The topological polar surface area (TPSA) is 79.5 Å². The normalized spacial score (nSPS) is 19.3. The molecule has 0 bridgehead atoms. The van der Waals surface area contributed by atoms with E-state index in [4.69, 9.17) is 4.74 Å². The molecule has 0 spiro atoms. The van der Waals surface area contributed by atoms with Crippen molar-refractivity contribution in [3.8, 4) is 0 Å². The molecule has 1 saturated heterocycles. The van der Waals surface area contributed by atoms with E-state index in [9.17, 15) is 9.59 Å². The molecule has 6 nitrogen and oxygen atoms in total. The first-order valence-corrected chi connectivity index (χ1v) is 9.60. The van der Waals surface area contributed by atoms with Gasteiger partial charge in [0.1, 0.15) is 0 Å². The maximum Gasteiger partial charge on any atom is 0.252 e. The number of hydrogen-bond acceptors (Lipinski definition) is 5. The summed E-state index contributed by atoms with van der Waals surface area (Å²) in [5.41, 5.74) is 0.628. The first-order chi connectivity index (χ1) is 12.1.